The van der Waals surface area contributed by atoms with Crippen molar-refractivity contribution in [3.8, 4) is 0 Å². The zero-order chi connectivity index (χ0) is 13.9. The number of fused-ring (bicyclic) bond motifs is 1. The van der Waals surface area contributed by atoms with Crippen LogP contribution in [0, 0.1) is 0 Å². The Morgan fingerprint density at radius 2 is 2.00 bits per heavy atom. The highest BCUT2D eigenvalue weighted by molar-refractivity contribution is 9.10. The van der Waals surface area contributed by atoms with Crippen molar-refractivity contribution in [2.75, 3.05) is 39.8 Å². The summed E-state index contributed by atoms with van der Waals surface area (Å²) in [5.41, 5.74) is 2.68. The molecule has 1 aromatic carbocycles. The van der Waals surface area contributed by atoms with Gasteiger partial charge in [0.15, 0.2) is 0 Å². The third-order valence-electron chi connectivity index (χ3n) is 4.25. The molecule has 0 bridgehead atoms. The molecule has 2 aromatic rings. The maximum atomic E-state index is 3.56. The Bertz CT molecular complexity index is 570. The fourth-order valence-corrected chi connectivity index (χ4v) is 3.28. The van der Waals surface area contributed by atoms with Gasteiger partial charge in [-0.3, -0.25) is 0 Å². The average Bonchev–Trinajstić information content (AvgIpc) is 2.84. The van der Waals surface area contributed by atoms with Crippen LogP contribution in [0.25, 0.3) is 10.9 Å². The summed E-state index contributed by atoms with van der Waals surface area (Å²) in [5.74, 6) is 0. The molecule has 0 atom stereocenters. The van der Waals surface area contributed by atoms with Crippen molar-refractivity contribution in [3.05, 3.63) is 34.4 Å². The number of hydrogen-bond donors (Lipinski definition) is 1. The highest BCUT2D eigenvalue weighted by Gasteiger charge is 2.13. The highest BCUT2D eigenvalue weighted by Crippen LogP contribution is 2.23. The first-order valence-electron chi connectivity index (χ1n) is 7.39. The predicted octanol–water partition coefficient (Wildman–Crippen LogP) is 3.11. The lowest BCUT2D eigenvalue weighted by atomic mass is 10.1. The monoisotopic (exact) mass is 335 g/mol. The molecule has 1 N–H and O–H groups in total. The number of likely N-dealkylation sites (N-methyl/N-ethyl adjacent to an activating group) is 1. The predicted molar refractivity (Wildman–Crippen MR) is 88.3 cm³/mol. The zero-order valence-corrected chi connectivity index (χ0v) is 13.6. The molecule has 2 heterocycles. The van der Waals surface area contributed by atoms with Crippen molar-refractivity contribution in [2.45, 2.75) is 12.8 Å². The summed E-state index contributed by atoms with van der Waals surface area (Å²) in [5, 5.41) is 1.36. The lowest BCUT2D eigenvalue weighted by Crippen LogP contribution is -2.44. The number of nitrogens with one attached hydrogen (secondary N) is 1. The van der Waals surface area contributed by atoms with E-state index in [-0.39, 0.29) is 0 Å². The van der Waals surface area contributed by atoms with E-state index >= 15 is 0 Å². The number of rotatable bonds is 4. The second kappa shape index (κ2) is 6.29. The van der Waals surface area contributed by atoms with Crippen LogP contribution in [0.4, 0.5) is 0 Å². The van der Waals surface area contributed by atoms with Gasteiger partial charge in [0.05, 0.1) is 0 Å². The summed E-state index contributed by atoms with van der Waals surface area (Å²) in [4.78, 5) is 8.37. The molecule has 4 heteroatoms. The third kappa shape index (κ3) is 3.25. The molecule has 1 aliphatic heterocycles. The molecule has 1 fully saturated rings. The number of aromatic amines is 1. The maximum absolute atomic E-state index is 3.56. The molecule has 0 spiro atoms. The van der Waals surface area contributed by atoms with Crippen molar-refractivity contribution < 1.29 is 0 Å². The molecule has 108 valence electrons. The number of piperazine rings is 1. The van der Waals surface area contributed by atoms with Gasteiger partial charge in [0.2, 0.25) is 0 Å². The molecule has 1 aromatic heterocycles. The van der Waals surface area contributed by atoms with Crippen LogP contribution in [0.2, 0.25) is 0 Å². The van der Waals surface area contributed by atoms with Gasteiger partial charge in [-0.2, -0.15) is 0 Å². The van der Waals surface area contributed by atoms with Crippen LogP contribution in [0.3, 0.4) is 0 Å². The van der Waals surface area contributed by atoms with Gasteiger partial charge in [-0.1, -0.05) is 15.9 Å². The van der Waals surface area contributed by atoms with E-state index in [4.69, 9.17) is 0 Å². The van der Waals surface area contributed by atoms with Gasteiger partial charge in [0.1, 0.15) is 0 Å². The van der Waals surface area contributed by atoms with Gasteiger partial charge in [0.25, 0.3) is 0 Å². The van der Waals surface area contributed by atoms with Crippen molar-refractivity contribution in [2.24, 2.45) is 0 Å². The Morgan fingerprint density at radius 1 is 1.20 bits per heavy atom. The average molecular weight is 336 g/mol. The molecule has 3 nitrogen and oxygen atoms in total. The molecule has 1 aliphatic rings. The molecule has 1 saturated heterocycles. The third-order valence-corrected chi connectivity index (χ3v) is 4.74. The Hall–Kier alpha value is -0.840. The van der Waals surface area contributed by atoms with Crippen LogP contribution in [-0.2, 0) is 6.42 Å². The fourth-order valence-electron chi connectivity index (χ4n) is 2.92. The molecule has 0 radical (unpaired) electrons. The first kappa shape index (κ1) is 14.1. The van der Waals surface area contributed by atoms with E-state index in [9.17, 15) is 0 Å². The number of aromatic nitrogens is 1. The second-order valence-electron chi connectivity index (χ2n) is 5.75. The van der Waals surface area contributed by atoms with Crippen LogP contribution < -0.4 is 0 Å². The van der Waals surface area contributed by atoms with E-state index in [1.807, 2.05) is 0 Å². The molecular weight excluding hydrogens is 314 g/mol. The zero-order valence-electron chi connectivity index (χ0n) is 12.0. The van der Waals surface area contributed by atoms with Crippen LogP contribution in [0.1, 0.15) is 12.0 Å². The Morgan fingerprint density at radius 3 is 2.80 bits per heavy atom. The largest absolute Gasteiger partial charge is 0.361 e. The summed E-state index contributed by atoms with van der Waals surface area (Å²) in [6.07, 6.45) is 4.56. The van der Waals surface area contributed by atoms with Crippen molar-refractivity contribution >= 4 is 26.8 Å². The SMILES string of the molecule is CN1CCN(CCCc2c[nH]c3ccc(Br)cc23)CC1. The van der Waals surface area contributed by atoms with Crippen molar-refractivity contribution in [1.82, 2.24) is 14.8 Å². The van der Waals surface area contributed by atoms with Crippen LogP contribution >= 0.6 is 15.9 Å². The number of H-pyrrole nitrogens is 1. The minimum Gasteiger partial charge on any atom is -0.361 e. The minimum atomic E-state index is 1.16. The van der Waals surface area contributed by atoms with Gasteiger partial charge in [-0.15, -0.1) is 0 Å². The quantitative estimate of drug-likeness (QED) is 0.927. The molecule has 0 amide bonds. The molecular formula is C16H22BrN3. The number of hydrogen-bond acceptors (Lipinski definition) is 2. The maximum Gasteiger partial charge on any atom is 0.0457 e. The van der Waals surface area contributed by atoms with Crippen molar-refractivity contribution in [1.29, 1.82) is 0 Å². The normalized spacial score (nSPS) is 17.9. The van der Waals surface area contributed by atoms with Crippen LogP contribution in [0.15, 0.2) is 28.9 Å². The number of benzene rings is 1. The Kier molecular flexibility index (Phi) is 4.44. The minimum absolute atomic E-state index is 1.16. The summed E-state index contributed by atoms with van der Waals surface area (Å²) in [6, 6.07) is 6.45. The Balaban J connectivity index is 1.56. The highest BCUT2D eigenvalue weighted by atomic mass is 79.9. The summed E-state index contributed by atoms with van der Waals surface area (Å²) >= 11 is 3.56. The van der Waals surface area contributed by atoms with E-state index in [2.05, 4.69) is 62.2 Å². The molecule has 0 unspecified atom stereocenters. The van der Waals surface area contributed by atoms with Gasteiger partial charge < -0.3 is 14.8 Å². The first-order valence-corrected chi connectivity index (χ1v) is 8.18. The van der Waals surface area contributed by atoms with Gasteiger partial charge in [-0.05, 0) is 50.2 Å². The molecule has 3 rings (SSSR count). The van der Waals surface area contributed by atoms with Crippen LogP contribution in [-0.4, -0.2) is 54.6 Å². The lowest BCUT2D eigenvalue weighted by Gasteiger charge is -2.32. The molecule has 0 saturated carbocycles. The molecule has 0 aliphatic carbocycles. The second-order valence-corrected chi connectivity index (χ2v) is 6.67. The summed E-state index contributed by atoms with van der Waals surface area (Å²) in [6.45, 7) is 6.07. The number of aryl methyl sites for hydroxylation is 1. The van der Waals surface area contributed by atoms with E-state index in [0.717, 1.165) is 10.9 Å². The van der Waals surface area contributed by atoms with Crippen LogP contribution in [0.5, 0.6) is 0 Å². The van der Waals surface area contributed by atoms with E-state index in [0.29, 0.717) is 0 Å². The fraction of sp³-hybridized carbons (Fsp3) is 0.500. The van der Waals surface area contributed by atoms with Gasteiger partial charge in [0, 0.05) is 47.8 Å². The standard InChI is InChI=1S/C16H22BrN3/c1-19-7-9-20(10-8-19)6-2-3-13-12-18-16-5-4-14(17)11-15(13)16/h4-5,11-12,18H,2-3,6-10H2,1H3. The van der Waals surface area contributed by atoms with Crippen molar-refractivity contribution in [3.63, 3.8) is 0 Å². The van der Waals surface area contributed by atoms with E-state index in [1.165, 1.54) is 55.6 Å². The molecule has 20 heavy (non-hydrogen) atoms. The van der Waals surface area contributed by atoms with E-state index in [1.54, 1.807) is 0 Å². The summed E-state index contributed by atoms with van der Waals surface area (Å²) < 4.78 is 1.16. The van der Waals surface area contributed by atoms with Gasteiger partial charge >= 0.3 is 0 Å². The lowest BCUT2D eigenvalue weighted by molar-refractivity contribution is 0.153. The number of halogens is 1. The van der Waals surface area contributed by atoms with Gasteiger partial charge in [-0.25, -0.2) is 0 Å². The smallest absolute Gasteiger partial charge is 0.0457 e. The topological polar surface area (TPSA) is 22.3 Å². The number of nitrogens with zero attached hydrogens (tertiary/aromatic N) is 2. The first-order chi connectivity index (χ1) is 9.72. The summed E-state index contributed by atoms with van der Waals surface area (Å²) in [7, 11) is 2.21. The Labute approximate surface area is 129 Å². The van der Waals surface area contributed by atoms with E-state index < -0.39 is 0 Å².